The molecule has 1 aliphatic heterocycles. The molecule has 0 atom stereocenters. The number of hydrogen-bond donors (Lipinski definition) is 3. The predicted molar refractivity (Wildman–Crippen MR) is 71.5 cm³/mol. The minimum Gasteiger partial charge on any atom is -0.381 e. The summed E-state index contributed by atoms with van der Waals surface area (Å²) < 4.78 is 5.30. The molecule has 1 fully saturated rings. The lowest BCUT2D eigenvalue weighted by atomic mass is 9.79. The highest BCUT2D eigenvalue weighted by Crippen LogP contribution is 2.29. The smallest absolute Gasteiger partial charge is 0.227 e. The molecule has 0 aromatic carbocycles. The van der Waals surface area contributed by atoms with Crippen LogP contribution in [0.15, 0.2) is 12.4 Å². The summed E-state index contributed by atoms with van der Waals surface area (Å²) in [4.78, 5) is 19.4. The molecule has 1 amide bonds. The van der Waals surface area contributed by atoms with E-state index < -0.39 is 5.41 Å². The van der Waals surface area contributed by atoms with Gasteiger partial charge in [-0.3, -0.25) is 4.79 Å². The number of imidazole rings is 1. The van der Waals surface area contributed by atoms with Gasteiger partial charge < -0.3 is 20.8 Å². The molecule has 1 aliphatic rings. The average molecular weight is 266 g/mol. The van der Waals surface area contributed by atoms with E-state index >= 15 is 0 Å². The zero-order valence-electron chi connectivity index (χ0n) is 11.2. The van der Waals surface area contributed by atoms with Crippen molar-refractivity contribution >= 4 is 5.91 Å². The van der Waals surface area contributed by atoms with E-state index in [0.29, 0.717) is 39.1 Å². The molecule has 0 aliphatic carbocycles. The minimum absolute atomic E-state index is 0.0674. The second kappa shape index (κ2) is 6.68. The quantitative estimate of drug-likeness (QED) is 0.642. The lowest BCUT2D eigenvalue weighted by Crippen LogP contribution is -2.49. The molecule has 19 heavy (non-hydrogen) atoms. The highest BCUT2D eigenvalue weighted by molar-refractivity contribution is 5.83. The van der Waals surface area contributed by atoms with Crippen molar-refractivity contribution < 1.29 is 9.53 Å². The summed E-state index contributed by atoms with van der Waals surface area (Å²) in [6, 6.07) is 0. The maximum Gasteiger partial charge on any atom is 0.227 e. The van der Waals surface area contributed by atoms with Crippen molar-refractivity contribution in [3.8, 4) is 0 Å². The van der Waals surface area contributed by atoms with Crippen LogP contribution in [0.2, 0.25) is 0 Å². The molecule has 0 radical (unpaired) electrons. The third kappa shape index (κ3) is 3.54. The molecule has 4 N–H and O–H groups in total. The first-order valence-corrected chi connectivity index (χ1v) is 6.81. The SMILES string of the molecule is NCC1(C(=O)NCCCc2ncc[nH]2)CCOCC1. The topological polar surface area (TPSA) is 93.0 Å². The van der Waals surface area contributed by atoms with Gasteiger partial charge in [0.1, 0.15) is 5.82 Å². The second-order valence-corrected chi connectivity index (χ2v) is 4.99. The van der Waals surface area contributed by atoms with Gasteiger partial charge in [0.15, 0.2) is 0 Å². The van der Waals surface area contributed by atoms with Gasteiger partial charge in [0.25, 0.3) is 0 Å². The van der Waals surface area contributed by atoms with E-state index in [1.54, 1.807) is 12.4 Å². The van der Waals surface area contributed by atoms with Crippen LogP contribution in [0, 0.1) is 5.41 Å². The van der Waals surface area contributed by atoms with Crippen LogP contribution in [0.3, 0.4) is 0 Å². The van der Waals surface area contributed by atoms with Crippen LogP contribution >= 0.6 is 0 Å². The molecule has 1 aromatic rings. The molecule has 6 heteroatoms. The number of aromatic amines is 1. The number of hydrogen-bond acceptors (Lipinski definition) is 4. The van der Waals surface area contributed by atoms with Crippen molar-refractivity contribution in [1.29, 1.82) is 0 Å². The number of nitrogens with one attached hydrogen (secondary N) is 2. The molecule has 2 heterocycles. The van der Waals surface area contributed by atoms with Gasteiger partial charge in [-0.15, -0.1) is 0 Å². The molecule has 0 bridgehead atoms. The summed E-state index contributed by atoms with van der Waals surface area (Å²) in [6.45, 7) is 2.29. The molecule has 0 unspecified atom stereocenters. The van der Waals surface area contributed by atoms with Crippen LogP contribution in [0.5, 0.6) is 0 Å². The van der Waals surface area contributed by atoms with Gasteiger partial charge >= 0.3 is 0 Å². The third-order valence-corrected chi connectivity index (χ3v) is 3.75. The van der Waals surface area contributed by atoms with E-state index in [2.05, 4.69) is 15.3 Å². The number of carbonyl (C=O) groups is 1. The van der Waals surface area contributed by atoms with Gasteiger partial charge in [-0.25, -0.2) is 4.98 Å². The van der Waals surface area contributed by atoms with Crippen LogP contribution < -0.4 is 11.1 Å². The van der Waals surface area contributed by atoms with Crippen LogP contribution in [0.4, 0.5) is 0 Å². The Hall–Kier alpha value is -1.40. The number of nitrogens with two attached hydrogens (primary N) is 1. The Bertz CT molecular complexity index is 385. The number of rotatable bonds is 6. The van der Waals surface area contributed by atoms with E-state index in [4.69, 9.17) is 10.5 Å². The minimum atomic E-state index is -0.428. The highest BCUT2D eigenvalue weighted by atomic mass is 16.5. The van der Waals surface area contributed by atoms with Gasteiger partial charge in [0.05, 0.1) is 5.41 Å². The Labute approximate surface area is 113 Å². The van der Waals surface area contributed by atoms with Crippen molar-refractivity contribution in [2.45, 2.75) is 25.7 Å². The maximum absolute atomic E-state index is 12.2. The number of carbonyl (C=O) groups excluding carboxylic acids is 1. The molecule has 2 rings (SSSR count). The van der Waals surface area contributed by atoms with Gasteiger partial charge in [0.2, 0.25) is 5.91 Å². The molecule has 1 saturated heterocycles. The van der Waals surface area contributed by atoms with Gasteiger partial charge in [-0.05, 0) is 19.3 Å². The van der Waals surface area contributed by atoms with Gasteiger partial charge in [0, 0.05) is 45.1 Å². The van der Waals surface area contributed by atoms with E-state index in [-0.39, 0.29) is 5.91 Å². The monoisotopic (exact) mass is 266 g/mol. The maximum atomic E-state index is 12.2. The molecule has 6 nitrogen and oxygen atoms in total. The molecule has 0 spiro atoms. The van der Waals surface area contributed by atoms with Crippen LogP contribution in [-0.2, 0) is 16.0 Å². The fourth-order valence-electron chi connectivity index (χ4n) is 2.37. The fraction of sp³-hybridized carbons (Fsp3) is 0.692. The Kier molecular flexibility index (Phi) is 4.93. The summed E-state index contributed by atoms with van der Waals surface area (Å²) in [5.74, 6) is 1.02. The molecule has 0 saturated carbocycles. The van der Waals surface area contributed by atoms with Crippen molar-refractivity contribution in [2.75, 3.05) is 26.3 Å². The first kappa shape index (κ1) is 14.0. The van der Waals surface area contributed by atoms with E-state index in [1.165, 1.54) is 0 Å². The second-order valence-electron chi connectivity index (χ2n) is 4.99. The zero-order valence-corrected chi connectivity index (χ0v) is 11.2. The number of aryl methyl sites for hydroxylation is 1. The summed E-state index contributed by atoms with van der Waals surface area (Å²) in [7, 11) is 0. The summed E-state index contributed by atoms with van der Waals surface area (Å²) in [5.41, 5.74) is 5.36. The standard InChI is InChI=1S/C13H22N4O2/c14-10-13(3-8-19-9-4-13)12(18)17-5-1-2-11-15-6-7-16-11/h6-7H,1-5,8-10,14H2,(H,15,16)(H,17,18). The van der Waals surface area contributed by atoms with Crippen molar-refractivity contribution in [2.24, 2.45) is 11.1 Å². The normalized spacial score (nSPS) is 18.2. The average Bonchev–Trinajstić information content (AvgIpc) is 2.97. The summed E-state index contributed by atoms with van der Waals surface area (Å²) in [5, 5.41) is 2.99. The number of nitrogens with zero attached hydrogens (tertiary/aromatic N) is 1. The van der Waals surface area contributed by atoms with Crippen LogP contribution in [-0.4, -0.2) is 42.2 Å². The fourth-order valence-corrected chi connectivity index (χ4v) is 2.37. The molecule has 1 aromatic heterocycles. The highest BCUT2D eigenvalue weighted by Gasteiger charge is 2.38. The Morgan fingerprint density at radius 3 is 2.95 bits per heavy atom. The van der Waals surface area contributed by atoms with Crippen LogP contribution in [0.25, 0.3) is 0 Å². The molecular formula is C13H22N4O2. The van der Waals surface area contributed by atoms with Crippen molar-refractivity contribution in [1.82, 2.24) is 15.3 Å². The van der Waals surface area contributed by atoms with Crippen LogP contribution in [0.1, 0.15) is 25.1 Å². The third-order valence-electron chi connectivity index (χ3n) is 3.75. The van der Waals surface area contributed by atoms with Crippen molar-refractivity contribution in [3.05, 3.63) is 18.2 Å². The van der Waals surface area contributed by atoms with E-state index in [0.717, 1.165) is 18.7 Å². The lowest BCUT2D eigenvalue weighted by molar-refractivity contribution is -0.135. The first-order valence-electron chi connectivity index (χ1n) is 6.81. The summed E-state index contributed by atoms with van der Waals surface area (Å²) >= 11 is 0. The lowest BCUT2D eigenvalue weighted by Gasteiger charge is -2.34. The van der Waals surface area contributed by atoms with E-state index in [1.807, 2.05) is 0 Å². The Balaban J connectivity index is 1.73. The largest absolute Gasteiger partial charge is 0.381 e. The zero-order chi connectivity index (χ0) is 13.6. The first-order chi connectivity index (χ1) is 9.27. The van der Waals surface area contributed by atoms with E-state index in [9.17, 15) is 4.79 Å². The molecule has 106 valence electrons. The van der Waals surface area contributed by atoms with Gasteiger partial charge in [-0.1, -0.05) is 0 Å². The number of aromatic nitrogens is 2. The Morgan fingerprint density at radius 2 is 2.32 bits per heavy atom. The molecular weight excluding hydrogens is 244 g/mol. The van der Waals surface area contributed by atoms with Gasteiger partial charge in [-0.2, -0.15) is 0 Å². The number of H-pyrrole nitrogens is 1. The predicted octanol–water partition coefficient (Wildman–Crippen LogP) is 0.214. The Morgan fingerprint density at radius 1 is 1.53 bits per heavy atom. The number of ether oxygens (including phenoxy) is 1. The summed E-state index contributed by atoms with van der Waals surface area (Å²) in [6.07, 6.45) is 6.68. The van der Waals surface area contributed by atoms with Crippen molar-refractivity contribution in [3.63, 3.8) is 0 Å². The number of amides is 1.